The largest absolute Gasteiger partial charge is 0.496 e. The Hall–Kier alpha value is -0.540. The van der Waals surface area contributed by atoms with Crippen molar-refractivity contribution in [2.75, 3.05) is 7.11 Å². The fraction of sp³-hybridized carbons (Fsp3) is 0.571. The van der Waals surface area contributed by atoms with Crippen LogP contribution in [0.4, 0.5) is 0 Å². The molecule has 0 aromatic heterocycles. The molecule has 2 nitrogen and oxygen atoms in total. The molecule has 94 valence electrons. The Bertz CT molecular complexity index is 394. The van der Waals surface area contributed by atoms with E-state index in [1.54, 1.807) is 7.11 Å². The topological polar surface area (TPSA) is 35.2 Å². The van der Waals surface area contributed by atoms with E-state index in [1.165, 1.54) is 18.4 Å². The Morgan fingerprint density at radius 1 is 1.41 bits per heavy atom. The van der Waals surface area contributed by atoms with Gasteiger partial charge in [-0.2, -0.15) is 0 Å². The van der Waals surface area contributed by atoms with Crippen LogP contribution >= 0.6 is 15.9 Å². The molecule has 0 bridgehead atoms. The van der Waals surface area contributed by atoms with Gasteiger partial charge in [0, 0.05) is 6.04 Å². The second kappa shape index (κ2) is 5.40. The van der Waals surface area contributed by atoms with E-state index in [4.69, 9.17) is 10.5 Å². The maximum Gasteiger partial charge on any atom is 0.133 e. The Balaban J connectivity index is 2.06. The maximum atomic E-state index is 6.07. The highest BCUT2D eigenvalue weighted by atomic mass is 79.9. The minimum Gasteiger partial charge on any atom is -0.496 e. The van der Waals surface area contributed by atoms with Crippen molar-refractivity contribution in [2.45, 2.75) is 32.2 Å². The van der Waals surface area contributed by atoms with Gasteiger partial charge in [0.2, 0.25) is 0 Å². The lowest BCUT2D eigenvalue weighted by molar-refractivity contribution is 0.389. The summed E-state index contributed by atoms with van der Waals surface area (Å²) in [5.41, 5.74) is 7.43. The van der Waals surface area contributed by atoms with Crippen molar-refractivity contribution in [3.8, 4) is 5.75 Å². The van der Waals surface area contributed by atoms with Gasteiger partial charge in [0.25, 0.3) is 0 Å². The highest BCUT2D eigenvalue weighted by molar-refractivity contribution is 9.10. The summed E-state index contributed by atoms with van der Waals surface area (Å²) in [6.45, 7) is 2.28. The van der Waals surface area contributed by atoms with Crippen LogP contribution in [0.1, 0.15) is 25.3 Å². The zero-order valence-electron chi connectivity index (χ0n) is 10.4. The minimum atomic E-state index is 0.390. The Kier molecular flexibility index (Phi) is 4.10. The molecular weight excluding hydrogens is 278 g/mol. The van der Waals surface area contributed by atoms with E-state index < -0.39 is 0 Å². The number of hydrogen-bond donors (Lipinski definition) is 1. The first kappa shape index (κ1) is 12.9. The summed E-state index contributed by atoms with van der Waals surface area (Å²) in [5.74, 6) is 2.26. The quantitative estimate of drug-likeness (QED) is 0.928. The molecule has 1 aliphatic rings. The summed E-state index contributed by atoms with van der Waals surface area (Å²) in [4.78, 5) is 0. The number of hydrogen-bond acceptors (Lipinski definition) is 2. The fourth-order valence-electron chi connectivity index (χ4n) is 2.71. The van der Waals surface area contributed by atoms with Gasteiger partial charge in [-0.05, 0) is 64.7 Å². The number of benzene rings is 1. The molecule has 2 rings (SSSR count). The highest BCUT2D eigenvalue weighted by Crippen LogP contribution is 2.34. The smallest absolute Gasteiger partial charge is 0.133 e. The van der Waals surface area contributed by atoms with Crippen molar-refractivity contribution in [1.82, 2.24) is 0 Å². The lowest BCUT2D eigenvalue weighted by Gasteiger charge is -2.18. The number of nitrogens with two attached hydrogens (primary N) is 1. The van der Waals surface area contributed by atoms with Crippen LogP contribution in [-0.4, -0.2) is 13.2 Å². The lowest BCUT2D eigenvalue weighted by atomic mass is 9.90. The second-order valence-corrected chi connectivity index (χ2v) is 5.89. The summed E-state index contributed by atoms with van der Waals surface area (Å²) < 4.78 is 6.28. The van der Waals surface area contributed by atoms with Crippen molar-refractivity contribution in [3.05, 3.63) is 28.2 Å². The maximum absolute atomic E-state index is 6.07. The van der Waals surface area contributed by atoms with E-state index in [9.17, 15) is 0 Å². The average molecular weight is 298 g/mol. The van der Waals surface area contributed by atoms with Gasteiger partial charge in [-0.25, -0.2) is 0 Å². The van der Waals surface area contributed by atoms with Crippen molar-refractivity contribution in [1.29, 1.82) is 0 Å². The van der Waals surface area contributed by atoms with Gasteiger partial charge in [-0.1, -0.05) is 13.0 Å². The van der Waals surface area contributed by atoms with Gasteiger partial charge in [0.05, 0.1) is 11.6 Å². The van der Waals surface area contributed by atoms with Crippen molar-refractivity contribution >= 4 is 15.9 Å². The molecule has 0 amide bonds. The van der Waals surface area contributed by atoms with Crippen molar-refractivity contribution in [3.63, 3.8) is 0 Å². The van der Waals surface area contributed by atoms with Gasteiger partial charge in [0.15, 0.2) is 0 Å². The third kappa shape index (κ3) is 2.83. The van der Waals surface area contributed by atoms with Crippen LogP contribution in [0.25, 0.3) is 0 Å². The predicted molar refractivity (Wildman–Crippen MR) is 74.3 cm³/mol. The first-order valence-corrected chi connectivity index (χ1v) is 6.99. The molecule has 1 aromatic carbocycles. The van der Waals surface area contributed by atoms with Crippen LogP contribution in [0, 0.1) is 11.8 Å². The number of ether oxygens (including phenoxy) is 1. The molecule has 17 heavy (non-hydrogen) atoms. The standard InChI is InChI=1S/C14H20BrNO/c1-9-11(4-5-13(9)16)7-10-3-6-14(17-2)12(15)8-10/h3,6,8-9,11,13H,4-5,7,16H2,1-2H3. The SMILES string of the molecule is COc1ccc(CC2CCC(N)C2C)cc1Br. The van der Waals surface area contributed by atoms with Gasteiger partial charge < -0.3 is 10.5 Å². The lowest BCUT2D eigenvalue weighted by Crippen LogP contribution is -2.25. The molecule has 1 saturated carbocycles. The average Bonchev–Trinajstić information content (AvgIpc) is 2.61. The Morgan fingerprint density at radius 3 is 2.71 bits per heavy atom. The monoisotopic (exact) mass is 297 g/mol. The van der Waals surface area contributed by atoms with E-state index in [-0.39, 0.29) is 0 Å². The molecule has 0 spiro atoms. The first-order valence-electron chi connectivity index (χ1n) is 6.20. The number of halogens is 1. The molecule has 0 heterocycles. The molecular formula is C14H20BrNO. The van der Waals surface area contributed by atoms with Crippen LogP contribution in [-0.2, 0) is 6.42 Å². The molecule has 0 radical (unpaired) electrons. The third-order valence-corrected chi connectivity index (χ3v) is 4.62. The summed E-state index contributed by atoms with van der Waals surface area (Å²) >= 11 is 3.53. The molecule has 2 N–H and O–H groups in total. The molecule has 3 unspecified atom stereocenters. The van der Waals surface area contributed by atoms with Crippen LogP contribution in [0.15, 0.2) is 22.7 Å². The number of methoxy groups -OCH3 is 1. The molecule has 1 fully saturated rings. The minimum absolute atomic E-state index is 0.390. The van der Waals surface area contributed by atoms with Crippen molar-refractivity contribution < 1.29 is 4.74 Å². The summed E-state index contributed by atoms with van der Waals surface area (Å²) in [7, 11) is 1.69. The fourth-order valence-corrected chi connectivity index (χ4v) is 3.30. The van der Waals surface area contributed by atoms with E-state index in [1.807, 2.05) is 6.07 Å². The number of rotatable bonds is 3. The predicted octanol–water partition coefficient (Wildman–Crippen LogP) is 3.37. The summed E-state index contributed by atoms with van der Waals surface area (Å²) in [6.07, 6.45) is 3.55. The van der Waals surface area contributed by atoms with Gasteiger partial charge >= 0.3 is 0 Å². The van der Waals surface area contributed by atoms with Crippen LogP contribution in [0.5, 0.6) is 5.75 Å². The zero-order chi connectivity index (χ0) is 12.4. The van der Waals surface area contributed by atoms with E-state index in [0.29, 0.717) is 12.0 Å². The van der Waals surface area contributed by atoms with Crippen LogP contribution < -0.4 is 10.5 Å². The zero-order valence-corrected chi connectivity index (χ0v) is 12.0. The highest BCUT2D eigenvalue weighted by Gasteiger charge is 2.30. The molecule has 3 heteroatoms. The molecule has 0 aliphatic heterocycles. The normalized spacial score (nSPS) is 28.4. The Labute approximate surface area is 112 Å². The van der Waals surface area contributed by atoms with Crippen LogP contribution in [0.3, 0.4) is 0 Å². The second-order valence-electron chi connectivity index (χ2n) is 5.03. The molecule has 1 aromatic rings. The molecule has 0 saturated heterocycles. The van der Waals surface area contributed by atoms with Gasteiger partial charge in [-0.3, -0.25) is 0 Å². The van der Waals surface area contributed by atoms with E-state index >= 15 is 0 Å². The third-order valence-electron chi connectivity index (χ3n) is 4.00. The van der Waals surface area contributed by atoms with Crippen molar-refractivity contribution in [2.24, 2.45) is 17.6 Å². The summed E-state index contributed by atoms with van der Waals surface area (Å²) in [6, 6.07) is 6.73. The van der Waals surface area contributed by atoms with E-state index in [2.05, 4.69) is 35.0 Å². The molecule has 3 atom stereocenters. The van der Waals surface area contributed by atoms with Crippen LogP contribution in [0.2, 0.25) is 0 Å². The summed E-state index contributed by atoms with van der Waals surface area (Å²) in [5, 5.41) is 0. The van der Waals surface area contributed by atoms with Gasteiger partial charge in [0.1, 0.15) is 5.75 Å². The molecule has 1 aliphatic carbocycles. The first-order chi connectivity index (χ1) is 8.11. The van der Waals surface area contributed by atoms with Gasteiger partial charge in [-0.15, -0.1) is 0 Å². The Morgan fingerprint density at radius 2 is 2.18 bits per heavy atom. The van der Waals surface area contributed by atoms with E-state index in [0.717, 1.165) is 22.6 Å².